The van der Waals surface area contributed by atoms with Crippen molar-refractivity contribution in [1.82, 2.24) is 9.80 Å². The minimum Gasteiger partial charge on any atom is -0.379 e. The first kappa shape index (κ1) is 23.7. The van der Waals surface area contributed by atoms with Crippen molar-refractivity contribution in [1.29, 1.82) is 0 Å². The number of aryl methyl sites for hydroxylation is 1. The van der Waals surface area contributed by atoms with Gasteiger partial charge in [0.15, 0.2) is 0 Å². The third-order valence-corrected chi connectivity index (χ3v) is 7.97. The van der Waals surface area contributed by atoms with Gasteiger partial charge < -0.3 is 9.64 Å². The Morgan fingerprint density at radius 1 is 0.970 bits per heavy atom. The fourth-order valence-corrected chi connectivity index (χ4v) is 5.47. The molecule has 0 aromatic heterocycles. The third kappa shape index (κ3) is 6.34. The second-order valence-corrected chi connectivity index (χ2v) is 10.7. The van der Waals surface area contributed by atoms with Crippen LogP contribution in [0.2, 0.25) is 0 Å². The van der Waals surface area contributed by atoms with Gasteiger partial charge in [0.2, 0.25) is 0 Å². The Kier molecular flexibility index (Phi) is 7.67. The highest BCUT2D eigenvalue weighted by Crippen LogP contribution is 2.23. The van der Waals surface area contributed by atoms with Crippen LogP contribution in [-0.2, 0) is 14.8 Å². The molecule has 2 aliphatic rings. The van der Waals surface area contributed by atoms with Crippen molar-refractivity contribution in [3.05, 3.63) is 59.7 Å². The van der Waals surface area contributed by atoms with Crippen molar-refractivity contribution >= 4 is 21.6 Å². The summed E-state index contributed by atoms with van der Waals surface area (Å²) in [6, 6.07) is 13.4. The average Bonchev–Trinajstić information content (AvgIpc) is 2.85. The highest BCUT2D eigenvalue weighted by molar-refractivity contribution is 7.92. The minimum absolute atomic E-state index is 0.0305. The molecular formula is C25H33N3O4S. The molecule has 8 heteroatoms. The molecule has 2 heterocycles. The van der Waals surface area contributed by atoms with Crippen LogP contribution in [0.1, 0.15) is 35.2 Å². The molecule has 0 unspecified atom stereocenters. The van der Waals surface area contributed by atoms with Gasteiger partial charge in [-0.1, -0.05) is 17.7 Å². The highest BCUT2D eigenvalue weighted by Gasteiger charge is 2.25. The second-order valence-electron chi connectivity index (χ2n) is 8.97. The van der Waals surface area contributed by atoms with E-state index in [-0.39, 0.29) is 10.8 Å². The summed E-state index contributed by atoms with van der Waals surface area (Å²) in [5, 5.41) is 0. The van der Waals surface area contributed by atoms with Crippen LogP contribution >= 0.6 is 0 Å². The van der Waals surface area contributed by atoms with Crippen molar-refractivity contribution in [2.75, 3.05) is 50.7 Å². The number of sulfonamides is 1. The van der Waals surface area contributed by atoms with Gasteiger partial charge in [0.25, 0.3) is 15.9 Å². The van der Waals surface area contributed by atoms with Crippen molar-refractivity contribution in [3.8, 4) is 0 Å². The molecule has 2 aromatic rings. The lowest BCUT2D eigenvalue weighted by Crippen LogP contribution is -2.40. The fourth-order valence-electron chi connectivity index (χ4n) is 4.41. The van der Waals surface area contributed by atoms with E-state index < -0.39 is 10.0 Å². The molecule has 7 nitrogen and oxygen atoms in total. The Labute approximate surface area is 196 Å². The van der Waals surface area contributed by atoms with Gasteiger partial charge in [-0.05, 0) is 75.0 Å². The Morgan fingerprint density at radius 2 is 1.61 bits per heavy atom. The monoisotopic (exact) mass is 471 g/mol. The Morgan fingerprint density at radius 3 is 2.24 bits per heavy atom. The van der Waals surface area contributed by atoms with E-state index in [9.17, 15) is 13.2 Å². The number of hydrogen-bond acceptors (Lipinski definition) is 5. The summed E-state index contributed by atoms with van der Waals surface area (Å²) in [4.78, 5) is 17.4. The lowest BCUT2D eigenvalue weighted by atomic mass is 9.93. The molecule has 2 aliphatic heterocycles. The maximum absolute atomic E-state index is 12.9. The van der Waals surface area contributed by atoms with Crippen LogP contribution in [0.15, 0.2) is 53.4 Å². The number of amides is 1. The van der Waals surface area contributed by atoms with Crippen LogP contribution < -0.4 is 4.72 Å². The largest absolute Gasteiger partial charge is 0.379 e. The number of ether oxygens (including phenoxy) is 1. The Balaban J connectivity index is 1.28. The van der Waals surface area contributed by atoms with Crippen LogP contribution in [0.4, 0.5) is 5.69 Å². The quantitative estimate of drug-likeness (QED) is 0.670. The van der Waals surface area contributed by atoms with Crippen LogP contribution in [0, 0.1) is 12.8 Å². The van der Waals surface area contributed by atoms with E-state index in [2.05, 4.69) is 9.62 Å². The van der Waals surface area contributed by atoms with Crippen LogP contribution in [0.5, 0.6) is 0 Å². The van der Waals surface area contributed by atoms with Crippen LogP contribution in [0.3, 0.4) is 0 Å². The highest BCUT2D eigenvalue weighted by atomic mass is 32.2. The predicted octanol–water partition coefficient (Wildman–Crippen LogP) is 3.37. The number of nitrogens with zero attached hydrogens (tertiary/aromatic N) is 2. The first-order chi connectivity index (χ1) is 15.9. The lowest BCUT2D eigenvalue weighted by molar-refractivity contribution is 0.0332. The minimum atomic E-state index is -3.70. The van der Waals surface area contributed by atoms with Gasteiger partial charge in [0, 0.05) is 37.4 Å². The average molecular weight is 472 g/mol. The maximum atomic E-state index is 12.9. The zero-order chi connectivity index (χ0) is 23.3. The number of nitrogens with one attached hydrogen (secondary N) is 1. The summed E-state index contributed by atoms with van der Waals surface area (Å²) in [6.07, 6.45) is 3.20. The van der Waals surface area contributed by atoms with E-state index in [4.69, 9.17) is 4.74 Å². The van der Waals surface area contributed by atoms with Gasteiger partial charge in [-0.25, -0.2) is 8.42 Å². The van der Waals surface area contributed by atoms with Gasteiger partial charge in [0.05, 0.1) is 18.1 Å². The molecule has 0 bridgehead atoms. The second kappa shape index (κ2) is 10.7. The summed E-state index contributed by atoms with van der Waals surface area (Å²) < 4.78 is 33.3. The number of likely N-dealkylation sites (tertiary alicyclic amines) is 1. The van der Waals surface area contributed by atoms with E-state index in [0.29, 0.717) is 17.2 Å². The predicted molar refractivity (Wildman–Crippen MR) is 129 cm³/mol. The van der Waals surface area contributed by atoms with Crippen molar-refractivity contribution in [2.24, 2.45) is 5.92 Å². The van der Waals surface area contributed by atoms with Crippen molar-refractivity contribution in [2.45, 2.75) is 31.1 Å². The van der Waals surface area contributed by atoms with Gasteiger partial charge >= 0.3 is 0 Å². The Hall–Kier alpha value is -2.42. The summed E-state index contributed by atoms with van der Waals surface area (Å²) in [6.45, 7) is 8.25. The van der Waals surface area contributed by atoms with Crippen molar-refractivity contribution < 1.29 is 17.9 Å². The number of benzene rings is 2. The standard InChI is InChI=1S/C25H33N3O4S/c1-20-2-6-23(7-3-20)26-33(30,31)24-8-4-22(5-9-24)25(29)28-14-11-21(12-15-28)10-13-27-16-18-32-19-17-27/h2-9,21,26H,10-19H2,1H3. The van der Waals surface area contributed by atoms with Gasteiger partial charge in [-0.2, -0.15) is 0 Å². The zero-order valence-electron chi connectivity index (χ0n) is 19.2. The molecule has 0 spiro atoms. The van der Waals surface area contributed by atoms with Crippen LogP contribution in [-0.4, -0.2) is 70.1 Å². The molecule has 0 atom stereocenters. The summed E-state index contributed by atoms with van der Waals surface area (Å²) in [5.41, 5.74) is 2.09. The molecule has 2 fully saturated rings. The lowest BCUT2D eigenvalue weighted by Gasteiger charge is -2.34. The van der Waals surface area contributed by atoms with E-state index in [1.165, 1.54) is 18.6 Å². The maximum Gasteiger partial charge on any atom is 0.261 e. The number of rotatable bonds is 7. The van der Waals surface area contributed by atoms with E-state index >= 15 is 0 Å². The number of morpholine rings is 1. The Bertz CT molecular complexity index is 1020. The van der Waals surface area contributed by atoms with Gasteiger partial charge in [-0.15, -0.1) is 0 Å². The normalized spacial score (nSPS) is 18.3. The first-order valence-electron chi connectivity index (χ1n) is 11.7. The number of piperidine rings is 1. The molecular weight excluding hydrogens is 438 g/mol. The summed E-state index contributed by atoms with van der Waals surface area (Å²) >= 11 is 0. The fraction of sp³-hybridized carbons (Fsp3) is 0.480. The summed E-state index contributed by atoms with van der Waals surface area (Å²) in [5.74, 6) is 0.620. The molecule has 4 rings (SSSR count). The first-order valence-corrected chi connectivity index (χ1v) is 13.2. The van der Waals surface area contributed by atoms with E-state index in [1.807, 2.05) is 24.0 Å². The number of carbonyl (C=O) groups excluding carboxylic acids is 1. The molecule has 1 N–H and O–H groups in total. The van der Waals surface area contributed by atoms with Crippen LogP contribution in [0.25, 0.3) is 0 Å². The smallest absolute Gasteiger partial charge is 0.261 e. The molecule has 33 heavy (non-hydrogen) atoms. The molecule has 0 saturated carbocycles. The SMILES string of the molecule is Cc1ccc(NS(=O)(=O)c2ccc(C(=O)N3CCC(CCN4CCOCC4)CC3)cc2)cc1. The molecule has 0 aliphatic carbocycles. The molecule has 178 valence electrons. The molecule has 1 amide bonds. The molecule has 0 radical (unpaired) electrons. The molecule has 2 aromatic carbocycles. The summed E-state index contributed by atoms with van der Waals surface area (Å²) in [7, 11) is -3.70. The number of hydrogen-bond donors (Lipinski definition) is 1. The molecule has 2 saturated heterocycles. The third-order valence-electron chi connectivity index (χ3n) is 6.57. The van der Waals surface area contributed by atoms with E-state index in [0.717, 1.165) is 64.3 Å². The number of carbonyl (C=O) groups is 1. The zero-order valence-corrected chi connectivity index (χ0v) is 20.0. The topological polar surface area (TPSA) is 79.0 Å². The van der Waals surface area contributed by atoms with Gasteiger partial charge in [0.1, 0.15) is 0 Å². The van der Waals surface area contributed by atoms with Gasteiger partial charge in [-0.3, -0.25) is 14.4 Å². The van der Waals surface area contributed by atoms with E-state index in [1.54, 1.807) is 24.3 Å². The number of anilines is 1. The van der Waals surface area contributed by atoms with Crippen molar-refractivity contribution in [3.63, 3.8) is 0 Å².